The SMILES string of the molecule is Cc1c(CNc2ccccc2OC(F)F)cc(C#N)n1C. The summed E-state index contributed by atoms with van der Waals surface area (Å²) >= 11 is 0. The van der Waals surface area contributed by atoms with E-state index in [9.17, 15) is 8.78 Å². The van der Waals surface area contributed by atoms with Crippen LogP contribution in [-0.2, 0) is 13.6 Å². The average Bonchev–Trinajstić information content (AvgIpc) is 2.73. The van der Waals surface area contributed by atoms with Gasteiger partial charge in [-0.3, -0.25) is 0 Å². The summed E-state index contributed by atoms with van der Waals surface area (Å²) in [5.74, 6) is 0.0987. The summed E-state index contributed by atoms with van der Waals surface area (Å²) in [5.41, 5.74) is 2.92. The maximum Gasteiger partial charge on any atom is 0.387 e. The molecule has 6 heteroatoms. The molecule has 1 heterocycles. The summed E-state index contributed by atoms with van der Waals surface area (Å²) in [5, 5.41) is 12.0. The standard InChI is InChI=1S/C15H15F2N3O/c1-10-11(7-12(8-18)20(10)2)9-19-13-5-3-4-6-14(13)21-15(16)17/h3-7,15,19H,9H2,1-2H3. The first-order valence-corrected chi connectivity index (χ1v) is 6.36. The van der Waals surface area contributed by atoms with Crippen LogP contribution in [0.3, 0.4) is 0 Å². The lowest BCUT2D eigenvalue weighted by molar-refractivity contribution is -0.0493. The fourth-order valence-corrected chi connectivity index (χ4v) is 2.05. The van der Waals surface area contributed by atoms with E-state index in [4.69, 9.17) is 5.26 Å². The lowest BCUT2D eigenvalue weighted by Gasteiger charge is -2.12. The molecule has 0 atom stereocenters. The van der Waals surface area contributed by atoms with Gasteiger partial charge in [-0.25, -0.2) is 0 Å². The number of ether oxygens (including phenoxy) is 1. The predicted molar refractivity (Wildman–Crippen MR) is 75.3 cm³/mol. The summed E-state index contributed by atoms with van der Waals surface area (Å²) in [6.07, 6.45) is 0. The normalized spacial score (nSPS) is 10.5. The average molecular weight is 291 g/mol. The number of para-hydroxylation sites is 2. The fourth-order valence-electron chi connectivity index (χ4n) is 2.05. The summed E-state index contributed by atoms with van der Waals surface area (Å²) in [6, 6.07) is 10.4. The minimum absolute atomic E-state index is 0.0987. The van der Waals surface area contributed by atoms with Gasteiger partial charge in [0.25, 0.3) is 0 Å². The van der Waals surface area contributed by atoms with Crippen molar-refractivity contribution in [3.63, 3.8) is 0 Å². The van der Waals surface area contributed by atoms with E-state index >= 15 is 0 Å². The lowest BCUT2D eigenvalue weighted by Crippen LogP contribution is -2.07. The topological polar surface area (TPSA) is 50.0 Å². The van der Waals surface area contributed by atoms with Crippen LogP contribution >= 0.6 is 0 Å². The molecular weight excluding hydrogens is 276 g/mol. The van der Waals surface area contributed by atoms with Crippen molar-refractivity contribution in [2.75, 3.05) is 5.32 Å². The van der Waals surface area contributed by atoms with E-state index in [1.165, 1.54) is 6.07 Å². The number of hydrogen-bond acceptors (Lipinski definition) is 3. The molecular formula is C15H15F2N3O. The summed E-state index contributed by atoms with van der Waals surface area (Å²) in [6.45, 7) is -0.540. The molecule has 21 heavy (non-hydrogen) atoms. The minimum atomic E-state index is -2.86. The van der Waals surface area contributed by atoms with Crippen molar-refractivity contribution >= 4 is 5.69 Å². The van der Waals surface area contributed by atoms with Crippen molar-refractivity contribution in [1.82, 2.24) is 4.57 Å². The first-order valence-electron chi connectivity index (χ1n) is 6.36. The summed E-state index contributed by atoms with van der Waals surface area (Å²) in [4.78, 5) is 0. The van der Waals surface area contributed by atoms with Crippen LogP contribution in [0.1, 0.15) is 17.0 Å². The van der Waals surface area contributed by atoms with Crippen LogP contribution in [0, 0.1) is 18.3 Å². The third kappa shape index (κ3) is 3.31. The number of alkyl halides is 2. The molecule has 0 radical (unpaired) electrons. The largest absolute Gasteiger partial charge is 0.433 e. The Kier molecular flexibility index (Phi) is 4.43. The minimum Gasteiger partial charge on any atom is -0.433 e. The molecule has 2 aromatic rings. The molecule has 0 saturated heterocycles. The van der Waals surface area contributed by atoms with Gasteiger partial charge in [0.15, 0.2) is 0 Å². The van der Waals surface area contributed by atoms with Gasteiger partial charge in [-0.05, 0) is 30.7 Å². The molecule has 0 aliphatic carbocycles. The molecule has 0 aliphatic heterocycles. The number of halogens is 2. The molecule has 0 bridgehead atoms. The number of aromatic nitrogens is 1. The Bertz CT molecular complexity index is 674. The number of nitriles is 1. The Balaban J connectivity index is 2.16. The summed E-state index contributed by atoms with van der Waals surface area (Å²) < 4.78 is 30.9. The zero-order valence-electron chi connectivity index (χ0n) is 11.7. The number of benzene rings is 1. The lowest BCUT2D eigenvalue weighted by atomic mass is 10.2. The molecule has 2 rings (SSSR count). The van der Waals surface area contributed by atoms with E-state index in [1.807, 2.05) is 14.0 Å². The van der Waals surface area contributed by atoms with Gasteiger partial charge >= 0.3 is 6.61 Å². The Morgan fingerprint density at radius 3 is 2.71 bits per heavy atom. The van der Waals surface area contributed by atoms with Crippen molar-refractivity contribution in [2.45, 2.75) is 20.1 Å². The van der Waals surface area contributed by atoms with Crippen molar-refractivity contribution in [3.8, 4) is 11.8 Å². The van der Waals surface area contributed by atoms with Gasteiger partial charge in [0.1, 0.15) is 17.5 Å². The molecule has 110 valence electrons. The van der Waals surface area contributed by atoms with Crippen molar-refractivity contribution < 1.29 is 13.5 Å². The van der Waals surface area contributed by atoms with Crippen LogP contribution in [0.4, 0.5) is 14.5 Å². The van der Waals surface area contributed by atoms with Crippen LogP contribution in [0.25, 0.3) is 0 Å². The molecule has 1 aromatic heterocycles. The van der Waals surface area contributed by atoms with E-state index in [2.05, 4.69) is 16.1 Å². The van der Waals surface area contributed by atoms with Crippen LogP contribution in [-0.4, -0.2) is 11.2 Å². The van der Waals surface area contributed by atoms with E-state index in [1.54, 1.807) is 28.8 Å². The first kappa shape index (κ1) is 14.9. The van der Waals surface area contributed by atoms with Gasteiger partial charge in [-0.15, -0.1) is 0 Å². The van der Waals surface area contributed by atoms with E-state index in [0.29, 0.717) is 17.9 Å². The Morgan fingerprint density at radius 2 is 2.10 bits per heavy atom. The number of nitrogens with one attached hydrogen (secondary N) is 1. The van der Waals surface area contributed by atoms with Crippen LogP contribution < -0.4 is 10.1 Å². The maximum atomic E-state index is 12.3. The van der Waals surface area contributed by atoms with Crippen LogP contribution in [0.15, 0.2) is 30.3 Å². The van der Waals surface area contributed by atoms with Crippen LogP contribution in [0.5, 0.6) is 5.75 Å². The van der Waals surface area contributed by atoms with E-state index < -0.39 is 6.61 Å². The second-order valence-electron chi connectivity index (χ2n) is 4.54. The first-order chi connectivity index (χ1) is 10.0. The molecule has 0 aliphatic rings. The van der Waals surface area contributed by atoms with E-state index in [-0.39, 0.29) is 5.75 Å². The highest BCUT2D eigenvalue weighted by Gasteiger charge is 2.11. The van der Waals surface area contributed by atoms with Crippen molar-refractivity contribution in [3.05, 3.63) is 47.3 Å². The van der Waals surface area contributed by atoms with Crippen molar-refractivity contribution in [2.24, 2.45) is 7.05 Å². The monoisotopic (exact) mass is 291 g/mol. The van der Waals surface area contributed by atoms with Gasteiger partial charge in [0.05, 0.1) is 5.69 Å². The van der Waals surface area contributed by atoms with Crippen molar-refractivity contribution in [1.29, 1.82) is 5.26 Å². The molecule has 4 nitrogen and oxygen atoms in total. The van der Waals surface area contributed by atoms with Gasteiger partial charge in [0, 0.05) is 19.3 Å². The van der Waals surface area contributed by atoms with E-state index in [0.717, 1.165) is 11.3 Å². The molecule has 0 amide bonds. The van der Waals surface area contributed by atoms with Crippen LogP contribution in [0.2, 0.25) is 0 Å². The molecule has 0 unspecified atom stereocenters. The third-order valence-electron chi connectivity index (χ3n) is 3.33. The maximum absolute atomic E-state index is 12.3. The van der Waals surface area contributed by atoms with Gasteiger partial charge < -0.3 is 14.6 Å². The number of hydrogen-bond donors (Lipinski definition) is 1. The Morgan fingerprint density at radius 1 is 1.38 bits per heavy atom. The number of nitrogens with zero attached hydrogens (tertiary/aromatic N) is 2. The predicted octanol–water partition coefficient (Wildman–Crippen LogP) is 3.42. The molecule has 1 aromatic carbocycles. The summed E-state index contributed by atoms with van der Waals surface area (Å²) in [7, 11) is 1.81. The highest BCUT2D eigenvalue weighted by atomic mass is 19.3. The number of anilines is 1. The molecule has 0 fully saturated rings. The molecule has 0 spiro atoms. The zero-order valence-corrected chi connectivity index (χ0v) is 11.7. The zero-order chi connectivity index (χ0) is 15.4. The smallest absolute Gasteiger partial charge is 0.387 e. The highest BCUT2D eigenvalue weighted by molar-refractivity contribution is 5.56. The highest BCUT2D eigenvalue weighted by Crippen LogP contribution is 2.26. The quantitative estimate of drug-likeness (QED) is 0.918. The van der Waals surface area contributed by atoms with Gasteiger partial charge in [-0.1, -0.05) is 12.1 Å². The molecule has 0 saturated carbocycles. The van der Waals surface area contributed by atoms with Gasteiger partial charge in [-0.2, -0.15) is 14.0 Å². The molecule has 1 N–H and O–H groups in total. The fraction of sp³-hybridized carbons (Fsp3) is 0.267. The van der Waals surface area contributed by atoms with Gasteiger partial charge in [0.2, 0.25) is 0 Å². The third-order valence-corrected chi connectivity index (χ3v) is 3.33. The number of rotatable bonds is 5. The second-order valence-corrected chi connectivity index (χ2v) is 4.54. The Labute approximate surface area is 121 Å². The Hall–Kier alpha value is -2.55. The second kappa shape index (κ2) is 6.27.